The van der Waals surface area contributed by atoms with Crippen LogP contribution in [0.1, 0.15) is 45.4 Å². The zero-order valence-corrected chi connectivity index (χ0v) is 18.4. The van der Waals surface area contributed by atoms with Crippen molar-refractivity contribution in [2.75, 3.05) is 26.2 Å². The lowest BCUT2D eigenvalue weighted by Gasteiger charge is -2.59. The predicted molar refractivity (Wildman–Crippen MR) is 109 cm³/mol. The average Bonchev–Trinajstić information content (AvgIpc) is 3.47. The van der Waals surface area contributed by atoms with Gasteiger partial charge in [0.1, 0.15) is 6.04 Å². The van der Waals surface area contributed by atoms with Gasteiger partial charge >= 0.3 is 16.4 Å². The van der Waals surface area contributed by atoms with Gasteiger partial charge in [0, 0.05) is 38.4 Å². The van der Waals surface area contributed by atoms with Gasteiger partial charge in [-0.25, -0.2) is 9.08 Å². The van der Waals surface area contributed by atoms with E-state index in [4.69, 9.17) is 4.28 Å². The van der Waals surface area contributed by atoms with Gasteiger partial charge in [-0.15, -0.1) is 4.28 Å². The van der Waals surface area contributed by atoms with Gasteiger partial charge in [-0.05, 0) is 56.8 Å². The number of nitrogens with one attached hydrogen (secondary N) is 1. The normalized spacial score (nSPS) is 30.5. The lowest BCUT2D eigenvalue weighted by molar-refractivity contribution is -0.132. The Kier molecular flexibility index (Phi) is 5.13. The van der Waals surface area contributed by atoms with Crippen molar-refractivity contribution in [1.82, 2.24) is 20.2 Å². The number of carbonyl (C=O) groups excluding carboxylic acids is 2. The Balaban J connectivity index is 1.11. The van der Waals surface area contributed by atoms with Gasteiger partial charge in [-0.3, -0.25) is 4.79 Å². The highest BCUT2D eigenvalue weighted by atomic mass is 32.3. The van der Waals surface area contributed by atoms with Crippen LogP contribution >= 0.6 is 0 Å². The van der Waals surface area contributed by atoms with Crippen LogP contribution in [-0.2, 0) is 23.8 Å². The predicted octanol–water partition coefficient (Wildman–Crippen LogP) is 0.444. The fourth-order valence-electron chi connectivity index (χ4n) is 5.55. The Bertz CT molecular complexity index is 876. The molecule has 5 aliphatic rings. The maximum atomic E-state index is 12.9. The average molecular weight is 456 g/mol. The minimum Gasteiger partial charge on any atom is -0.352 e. The van der Waals surface area contributed by atoms with E-state index in [0.717, 1.165) is 43.1 Å². The fourth-order valence-corrected chi connectivity index (χ4v) is 6.15. The highest BCUT2D eigenvalue weighted by Gasteiger charge is 2.54. The summed E-state index contributed by atoms with van der Waals surface area (Å²) in [7, 11) is -4.49. The summed E-state index contributed by atoms with van der Waals surface area (Å²) in [6.07, 6.45) is 6.80. The Labute approximate surface area is 182 Å². The summed E-state index contributed by atoms with van der Waals surface area (Å²) in [6.45, 7) is 5.22. The van der Waals surface area contributed by atoms with E-state index in [1.54, 1.807) is 0 Å². The molecule has 0 aromatic carbocycles. The second-order valence-electron chi connectivity index (χ2n) is 9.66. The van der Waals surface area contributed by atoms with Crippen molar-refractivity contribution in [1.29, 1.82) is 0 Å². The fraction of sp³-hybridized carbons (Fsp3) is 0.842. The quantitative estimate of drug-likeness (QED) is 0.416. The lowest BCUT2D eigenvalue weighted by Crippen LogP contribution is -2.67. The van der Waals surface area contributed by atoms with Crippen molar-refractivity contribution in [3.05, 3.63) is 0 Å². The standard InChI is InChI=1S/C19H29N5O6S/c1-2-20-29-31(27,28)30-24-15-5-6-16(23(10-15)18(24)26)17(25)21-14-7-19(8-14)11-22(12-19)9-13-3-4-13/h2,13-16H,3-12H2,1H3,(H,21,25)/b20-2-/t15-,16+/m1/s1. The van der Waals surface area contributed by atoms with Crippen LogP contribution < -0.4 is 5.32 Å². The molecule has 3 saturated heterocycles. The molecular formula is C19H29N5O6S. The molecule has 31 heavy (non-hydrogen) atoms. The number of nitrogens with zero attached hydrogens (tertiary/aromatic N) is 4. The van der Waals surface area contributed by atoms with Gasteiger partial charge in [0.15, 0.2) is 0 Å². The molecule has 5 rings (SSSR count). The molecule has 1 spiro atoms. The summed E-state index contributed by atoms with van der Waals surface area (Å²) >= 11 is 0. The van der Waals surface area contributed by atoms with Crippen molar-refractivity contribution in [2.24, 2.45) is 16.5 Å². The number of fused-ring (bicyclic) bond motifs is 2. The first-order valence-corrected chi connectivity index (χ1v) is 12.3. The van der Waals surface area contributed by atoms with Crippen LogP contribution in [0.25, 0.3) is 0 Å². The molecule has 0 aromatic rings. The number of hydrogen-bond donors (Lipinski definition) is 1. The van der Waals surface area contributed by atoms with Crippen molar-refractivity contribution in [3.8, 4) is 0 Å². The van der Waals surface area contributed by atoms with Crippen LogP contribution in [0.3, 0.4) is 0 Å². The van der Waals surface area contributed by atoms with E-state index in [2.05, 4.69) is 19.7 Å². The molecule has 172 valence electrons. The third-order valence-electron chi connectivity index (χ3n) is 7.07. The van der Waals surface area contributed by atoms with Crippen molar-refractivity contribution >= 4 is 28.6 Å². The highest BCUT2D eigenvalue weighted by Crippen LogP contribution is 2.49. The molecular weight excluding hydrogens is 426 g/mol. The van der Waals surface area contributed by atoms with Crippen LogP contribution in [0.2, 0.25) is 0 Å². The molecule has 0 unspecified atom stereocenters. The monoisotopic (exact) mass is 455 g/mol. The topological polar surface area (TPSA) is 121 Å². The summed E-state index contributed by atoms with van der Waals surface area (Å²) in [6, 6.07) is -1.55. The minimum atomic E-state index is -4.49. The summed E-state index contributed by atoms with van der Waals surface area (Å²) in [5, 5.41) is 7.06. The third-order valence-corrected chi connectivity index (χ3v) is 7.69. The molecule has 3 aliphatic heterocycles. The molecule has 2 atom stereocenters. The number of urea groups is 1. The summed E-state index contributed by atoms with van der Waals surface area (Å²) in [5.41, 5.74) is 0.369. The second kappa shape index (κ2) is 7.59. The summed E-state index contributed by atoms with van der Waals surface area (Å²) < 4.78 is 32.7. The van der Waals surface area contributed by atoms with Gasteiger partial charge in [0.25, 0.3) is 0 Å². The number of hydroxylamine groups is 2. The Morgan fingerprint density at radius 2 is 2.00 bits per heavy atom. The van der Waals surface area contributed by atoms with E-state index in [9.17, 15) is 18.0 Å². The van der Waals surface area contributed by atoms with E-state index in [-0.39, 0.29) is 18.5 Å². The van der Waals surface area contributed by atoms with Gasteiger partial charge in [0.2, 0.25) is 5.91 Å². The molecule has 3 heterocycles. The van der Waals surface area contributed by atoms with Crippen molar-refractivity contribution in [2.45, 2.75) is 63.6 Å². The van der Waals surface area contributed by atoms with Crippen LogP contribution in [0.15, 0.2) is 5.16 Å². The highest BCUT2D eigenvalue weighted by molar-refractivity contribution is 7.81. The van der Waals surface area contributed by atoms with Crippen LogP contribution in [0.4, 0.5) is 4.79 Å². The number of oxime groups is 1. The SMILES string of the molecule is C/C=N\OS(=O)(=O)ON1C(=O)N2C[C@H]1CC[C@H]2C(=O)NC1CC2(C1)CN(CC1CC1)C2. The lowest BCUT2D eigenvalue weighted by atomic mass is 9.60. The number of hydrogen-bond acceptors (Lipinski definition) is 8. The molecule has 2 aliphatic carbocycles. The number of carbonyl (C=O) groups is 2. The van der Waals surface area contributed by atoms with E-state index in [0.29, 0.717) is 18.3 Å². The molecule has 0 radical (unpaired) electrons. The minimum absolute atomic E-state index is 0.152. The van der Waals surface area contributed by atoms with Crippen molar-refractivity contribution < 1.29 is 26.6 Å². The number of likely N-dealkylation sites (tertiary alicyclic amines) is 1. The molecule has 11 nitrogen and oxygen atoms in total. The first-order valence-electron chi connectivity index (χ1n) is 11.0. The third kappa shape index (κ3) is 4.12. The molecule has 5 fully saturated rings. The second-order valence-corrected chi connectivity index (χ2v) is 10.8. The summed E-state index contributed by atoms with van der Waals surface area (Å²) in [4.78, 5) is 29.5. The molecule has 2 saturated carbocycles. The van der Waals surface area contributed by atoms with E-state index < -0.39 is 28.5 Å². The maximum absolute atomic E-state index is 12.9. The number of amides is 3. The Morgan fingerprint density at radius 1 is 1.26 bits per heavy atom. The van der Waals surface area contributed by atoms with E-state index in [1.807, 2.05) is 0 Å². The van der Waals surface area contributed by atoms with Gasteiger partial charge in [0.05, 0.1) is 6.04 Å². The van der Waals surface area contributed by atoms with Gasteiger partial charge in [-0.1, -0.05) is 5.16 Å². The molecule has 0 aromatic heterocycles. The zero-order chi connectivity index (χ0) is 21.8. The van der Waals surface area contributed by atoms with Gasteiger partial charge < -0.3 is 15.1 Å². The summed E-state index contributed by atoms with van der Waals surface area (Å²) in [5.74, 6) is 0.739. The number of piperidine rings is 1. The van der Waals surface area contributed by atoms with E-state index in [1.165, 1.54) is 31.2 Å². The number of rotatable bonds is 8. The molecule has 1 N–H and O–H groups in total. The molecule has 3 amide bonds. The first-order chi connectivity index (χ1) is 14.8. The van der Waals surface area contributed by atoms with Crippen LogP contribution in [0, 0.1) is 11.3 Å². The molecule has 12 heteroatoms. The van der Waals surface area contributed by atoms with Crippen molar-refractivity contribution in [3.63, 3.8) is 0 Å². The van der Waals surface area contributed by atoms with Gasteiger partial charge in [-0.2, -0.15) is 13.5 Å². The van der Waals surface area contributed by atoms with E-state index >= 15 is 0 Å². The van der Waals surface area contributed by atoms with Crippen LogP contribution in [-0.4, -0.2) is 85.7 Å². The zero-order valence-electron chi connectivity index (χ0n) is 17.6. The first kappa shape index (κ1) is 21.0. The largest absolute Gasteiger partial charge is 0.491 e. The molecule has 2 bridgehead atoms. The Hall–Kier alpha value is -1.92. The van der Waals surface area contributed by atoms with Crippen LogP contribution in [0.5, 0.6) is 0 Å². The Morgan fingerprint density at radius 3 is 2.68 bits per heavy atom. The maximum Gasteiger partial charge on any atom is 0.491 e. The smallest absolute Gasteiger partial charge is 0.352 e.